The van der Waals surface area contributed by atoms with E-state index >= 15 is 8.78 Å². The van der Waals surface area contributed by atoms with E-state index in [-0.39, 0.29) is 45.2 Å². The summed E-state index contributed by atoms with van der Waals surface area (Å²) in [6, 6.07) is 35.3. The molecule has 1 aliphatic heterocycles. The Morgan fingerprint density at radius 2 is 1.18 bits per heavy atom. The molecule has 62 heavy (non-hydrogen) atoms. The maximum absolute atomic E-state index is 16.9. The summed E-state index contributed by atoms with van der Waals surface area (Å²) in [5, 5.41) is 5.28. The molecule has 0 spiro atoms. The first-order valence-electron chi connectivity index (χ1n) is 21.7. The highest BCUT2D eigenvalue weighted by Gasteiger charge is 2.63. The second-order valence-corrected chi connectivity index (χ2v) is 16.2. The van der Waals surface area contributed by atoms with Gasteiger partial charge < -0.3 is 34.3 Å². The number of rotatable bonds is 23. The maximum atomic E-state index is 16.9. The average molecular weight is 857 g/mol. The lowest BCUT2D eigenvalue weighted by Crippen LogP contribution is -2.68. The molecule has 334 valence electrons. The van der Waals surface area contributed by atoms with Gasteiger partial charge in [-0.3, -0.25) is 4.79 Å². The summed E-state index contributed by atoms with van der Waals surface area (Å²) in [5.74, 6) is -4.74. The van der Waals surface area contributed by atoms with Gasteiger partial charge in [0.2, 0.25) is 5.91 Å². The number of halogens is 2. The third-order valence-electron chi connectivity index (χ3n) is 11.5. The summed E-state index contributed by atoms with van der Waals surface area (Å²) in [6.45, 7) is 7.27. The first-order valence-corrected chi connectivity index (χ1v) is 21.7. The summed E-state index contributed by atoms with van der Waals surface area (Å²) in [7, 11) is 0. The summed E-state index contributed by atoms with van der Waals surface area (Å²) in [6.07, 6.45) is -1.25. The van der Waals surface area contributed by atoms with Crippen LogP contribution in [0.25, 0.3) is 0 Å². The first-order chi connectivity index (χ1) is 29.9. The van der Waals surface area contributed by atoms with Gasteiger partial charge in [0, 0.05) is 12.3 Å². The normalized spacial score (nSPS) is 21.0. The summed E-state index contributed by atoms with van der Waals surface area (Å²) < 4.78 is 63.8. The molecule has 0 bridgehead atoms. The standard InChI is InChI=1S/C50H62F2N2O8/c1-5-43-36(2)44(58-32-38-22-12-8-13-23-38)45(59-33-39-24-14-9-15-25-39)49(4,62-43)50(51,52)31-21-7-6-20-30-42(54-48(57)61-35-41-28-18-11-19-29-41)46(55)53-37(3)47(56)60-34-40-26-16-10-17-27-40/h8-19,22-29,36-37,42-45H,5-7,20-21,30-35H2,1-4H3,(H,53,55)(H,54,57)/t36-,37-,42-,43+,44-,45+,49+/m0/s1. The molecule has 1 saturated heterocycles. The van der Waals surface area contributed by atoms with Crippen molar-refractivity contribution < 1.29 is 46.8 Å². The molecule has 5 rings (SSSR count). The highest BCUT2D eigenvalue weighted by atomic mass is 19.3. The van der Waals surface area contributed by atoms with Crippen LogP contribution in [0.15, 0.2) is 121 Å². The number of carbonyl (C=O) groups is 3. The largest absolute Gasteiger partial charge is 0.459 e. The van der Waals surface area contributed by atoms with E-state index in [0.29, 0.717) is 25.7 Å². The van der Waals surface area contributed by atoms with Crippen molar-refractivity contribution in [2.45, 2.75) is 141 Å². The molecule has 4 aromatic carbocycles. The van der Waals surface area contributed by atoms with Gasteiger partial charge >= 0.3 is 12.1 Å². The van der Waals surface area contributed by atoms with Gasteiger partial charge in [-0.15, -0.1) is 0 Å². The van der Waals surface area contributed by atoms with E-state index in [1.54, 1.807) is 0 Å². The number of esters is 1. The fraction of sp³-hybridized carbons (Fsp3) is 0.460. The Kier molecular flexibility index (Phi) is 18.4. The van der Waals surface area contributed by atoms with E-state index in [1.807, 2.05) is 135 Å². The summed E-state index contributed by atoms with van der Waals surface area (Å²) in [5.41, 5.74) is 1.36. The number of alkyl halides is 2. The third kappa shape index (κ3) is 13.9. The molecule has 0 aliphatic carbocycles. The van der Waals surface area contributed by atoms with Crippen LogP contribution in [0, 0.1) is 5.92 Å². The Morgan fingerprint density at radius 1 is 0.694 bits per heavy atom. The number of carbonyl (C=O) groups excluding carboxylic acids is 3. The fourth-order valence-electron chi connectivity index (χ4n) is 7.76. The van der Waals surface area contributed by atoms with Crippen molar-refractivity contribution >= 4 is 18.0 Å². The zero-order valence-electron chi connectivity index (χ0n) is 36.3. The van der Waals surface area contributed by atoms with E-state index in [0.717, 1.165) is 22.3 Å². The van der Waals surface area contributed by atoms with Gasteiger partial charge in [0.25, 0.3) is 5.92 Å². The van der Waals surface area contributed by atoms with Crippen LogP contribution in [-0.2, 0) is 59.7 Å². The van der Waals surface area contributed by atoms with E-state index in [1.165, 1.54) is 13.8 Å². The van der Waals surface area contributed by atoms with Gasteiger partial charge in [-0.05, 0) is 55.4 Å². The number of amides is 2. The van der Waals surface area contributed by atoms with Crippen molar-refractivity contribution in [1.82, 2.24) is 10.6 Å². The Hall–Kier alpha value is -5.17. The van der Waals surface area contributed by atoms with Gasteiger partial charge in [0.1, 0.15) is 31.4 Å². The van der Waals surface area contributed by atoms with Gasteiger partial charge in [-0.25, -0.2) is 18.4 Å². The molecule has 2 N–H and O–H groups in total. The zero-order chi connectivity index (χ0) is 44.4. The lowest BCUT2D eigenvalue weighted by atomic mass is 9.76. The Balaban J connectivity index is 1.20. The molecule has 7 atom stereocenters. The quantitative estimate of drug-likeness (QED) is 0.0559. The Labute approximate surface area is 365 Å². The second-order valence-electron chi connectivity index (χ2n) is 16.2. The van der Waals surface area contributed by atoms with E-state index in [4.69, 9.17) is 23.7 Å². The molecule has 0 saturated carbocycles. The smallest absolute Gasteiger partial charge is 0.408 e. The predicted molar refractivity (Wildman–Crippen MR) is 233 cm³/mol. The van der Waals surface area contributed by atoms with Crippen LogP contribution in [0.4, 0.5) is 13.6 Å². The molecule has 12 heteroatoms. The first kappa shape index (κ1) is 47.9. The molecule has 1 aliphatic rings. The van der Waals surface area contributed by atoms with Crippen LogP contribution >= 0.6 is 0 Å². The third-order valence-corrected chi connectivity index (χ3v) is 11.5. The van der Waals surface area contributed by atoms with Gasteiger partial charge in [-0.1, -0.05) is 154 Å². The summed E-state index contributed by atoms with van der Waals surface area (Å²) in [4.78, 5) is 39.1. The average Bonchev–Trinajstić information content (AvgIpc) is 3.29. The van der Waals surface area contributed by atoms with Crippen molar-refractivity contribution in [3.05, 3.63) is 144 Å². The maximum Gasteiger partial charge on any atom is 0.408 e. The molecule has 1 heterocycles. The van der Waals surface area contributed by atoms with Crippen LogP contribution in [-0.4, -0.2) is 59.9 Å². The minimum absolute atomic E-state index is 0.00393. The topological polar surface area (TPSA) is 121 Å². The summed E-state index contributed by atoms with van der Waals surface area (Å²) >= 11 is 0. The van der Waals surface area contributed by atoms with Crippen LogP contribution in [0.5, 0.6) is 0 Å². The molecule has 10 nitrogen and oxygen atoms in total. The van der Waals surface area contributed by atoms with Crippen molar-refractivity contribution in [3.8, 4) is 0 Å². The molecule has 4 aromatic rings. The van der Waals surface area contributed by atoms with Crippen LogP contribution < -0.4 is 10.6 Å². The minimum atomic E-state index is -3.30. The van der Waals surface area contributed by atoms with Crippen molar-refractivity contribution in [3.63, 3.8) is 0 Å². The van der Waals surface area contributed by atoms with Gasteiger partial charge in [0.05, 0.1) is 25.4 Å². The van der Waals surface area contributed by atoms with Crippen molar-refractivity contribution in [2.75, 3.05) is 0 Å². The number of ether oxygens (including phenoxy) is 5. The number of nitrogens with one attached hydrogen (secondary N) is 2. The molecular formula is C50H62F2N2O8. The van der Waals surface area contributed by atoms with E-state index in [9.17, 15) is 14.4 Å². The number of unbranched alkanes of at least 4 members (excludes halogenated alkanes) is 3. The zero-order valence-corrected chi connectivity index (χ0v) is 36.3. The highest BCUT2D eigenvalue weighted by Crippen LogP contribution is 2.48. The molecule has 1 fully saturated rings. The molecule has 0 radical (unpaired) electrons. The lowest BCUT2D eigenvalue weighted by molar-refractivity contribution is -0.332. The van der Waals surface area contributed by atoms with Gasteiger partial charge in [-0.2, -0.15) is 0 Å². The number of alkyl carbamates (subject to hydrolysis) is 1. The SMILES string of the molecule is CC[C@H]1O[C@@](C)(C(F)(F)CCCCCC[C@H](NC(=O)OCc2ccccc2)C(=O)N[C@@H](C)C(=O)OCc2ccccc2)[C@H](OCc2ccccc2)[C@@H](OCc2ccccc2)[C@H]1C. The minimum Gasteiger partial charge on any atom is -0.459 e. The second kappa shape index (κ2) is 23.9. The molecule has 0 aromatic heterocycles. The van der Waals surface area contributed by atoms with E-state index in [2.05, 4.69) is 10.6 Å². The Bertz CT molecular complexity index is 1940. The monoisotopic (exact) mass is 856 g/mol. The van der Waals surface area contributed by atoms with E-state index < -0.39 is 66.3 Å². The fourth-order valence-corrected chi connectivity index (χ4v) is 7.76. The molecule has 0 unspecified atom stereocenters. The number of benzene rings is 4. The van der Waals surface area contributed by atoms with Crippen molar-refractivity contribution in [2.24, 2.45) is 5.92 Å². The van der Waals surface area contributed by atoms with Gasteiger partial charge in [0.15, 0.2) is 5.60 Å². The lowest BCUT2D eigenvalue weighted by Gasteiger charge is -2.53. The Morgan fingerprint density at radius 3 is 1.71 bits per heavy atom. The predicted octanol–water partition coefficient (Wildman–Crippen LogP) is 9.88. The highest BCUT2D eigenvalue weighted by molar-refractivity contribution is 5.89. The molecular weight excluding hydrogens is 795 g/mol. The molecule has 2 amide bonds. The number of hydrogen-bond donors (Lipinski definition) is 2. The van der Waals surface area contributed by atoms with Crippen LogP contribution in [0.3, 0.4) is 0 Å². The van der Waals surface area contributed by atoms with Crippen molar-refractivity contribution in [1.29, 1.82) is 0 Å². The van der Waals surface area contributed by atoms with Crippen LogP contribution in [0.1, 0.15) is 94.9 Å². The number of hydrogen-bond acceptors (Lipinski definition) is 8. The van der Waals surface area contributed by atoms with Crippen LogP contribution in [0.2, 0.25) is 0 Å².